The topological polar surface area (TPSA) is 45.1 Å². The molecule has 1 aromatic rings. The minimum Gasteiger partial charge on any atom is -0.396 e. The SMILES string of the molecule is CC(C)(CCO)CNCc1cccnc1. The summed E-state index contributed by atoms with van der Waals surface area (Å²) in [6.45, 7) is 6.30. The van der Waals surface area contributed by atoms with Crippen molar-refractivity contribution in [1.82, 2.24) is 10.3 Å². The summed E-state index contributed by atoms with van der Waals surface area (Å²) < 4.78 is 0. The van der Waals surface area contributed by atoms with Crippen molar-refractivity contribution in [1.29, 1.82) is 0 Å². The summed E-state index contributed by atoms with van der Waals surface area (Å²) in [5, 5.41) is 12.3. The number of nitrogens with zero attached hydrogens (tertiary/aromatic N) is 1. The molecule has 0 unspecified atom stereocenters. The third-order valence-electron chi connectivity index (χ3n) is 2.44. The van der Waals surface area contributed by atoms with Crippen LogP contribution in [-0.4, -0.2) is 23.2 Å². The molecule has 0 radical (unpaired) electrons. The van der Waals surface area contributed by atoms with Crippen LogP contribution in [0.2, 0.25) is 0 Å². The molecule has 1 heterocycles. The highest BCUT2D eigenvalue weighted by atomic mass is 16.3. The Labute approximate surface area is 91.5 Å². The molecule has 3 heteroatoms. The van der Waals surface area contributed by atoms with Crippen LogP contribution in [0, 0.1) is 5.41 Å². The van der Waals surface area contributed by atoms with Crippen molar-refractivity contribution in [3.05, 3.63) is 30.1 Å². The summed E-state index contributed by atoms with van der Waals surface area (Å²) in [6, 6.07) is 3.99. The van der Waals surface area contributed by atoms with Crippen molar-refractivity contribution in [2.24, 2.45) is 5.41 Å². The van der Waals surface area contributed by atoms with Gasteiger partial charge in [-0.15, -0.1) is 0 Å². The fourth-order valence-corrected chi connectivity index (χ4v) is 1.44. The van der Waals surface area contributed by atoms with Gasteiger partial charge in [-0.2, -0.15) is 0 Å². The zero-order valence-electron chi connectivity index (χ0n) is 9.53. The first-order chi connectivity index (χ1) is 7.14. The first-order valence-electron chi connectivity index (χ1n) is 5.34. The summed E-state index contributed by atoms with van der Waals surface area (Å²) in [5.74, 6) is 0. The van der Waals surface area contributed by atoms with E-state index >= 15 is 0 Å². The molecule has 15 heavy (non-hydrogen) atoms. The number of pyridine rings is 1. The fraction of sp³-hybridized carbons (Fsp3) is 0.583. The highest BCUT2D eigenvalue weighted by molar-refractivity contribution is 5.07. The Hall–Kier alpha value is -0.930. The van der Waals surface area contributed by atoms with E-state index in [0.717, 1.165) is 19.5 Å². The Morgan fingerprint density at radius 3 is 2.87 bits per heavy atom. The van der Waals surface area contributed by atoms with E-state index in [1.54, 1.807) is 6.20 Å². The van der Waals surface area contributed by atoms with Gasteiger partial charge in [-0.05, 0) is 23.5 Å². The van der Waals surface area contributed by atoms with Crippen LogP contribution in [0.5, 0.6) is 0 Å². The third-order valence-corrected chi connectivity index (χ3v) is 2.44. The molecule has 0 atom stereocenters. The van der Waals surface area contributed by atoms with Crippen LogP contribution in [0.4, 0.5) is 0 Å². The Kier molecular flexibility index (Phi) is 4.72. The van der Waals surface area contributed by atoms with Gasteiger partial charge >= 0.3 is 0 Å². The second-order valence-corrected chi connectivity index (χ2v) is 4.60. The zero-order valence-corrected chi connectivity index (χ0v) is 9.53. The van der Waals surface area contributed by atoms with Crippen LogP contribution in [0.25, 0.3) is 0 Å². The predicted octanol–water partition coefficient (Wildman–Crippen LogP) is 1.58. The minimum absolute atomic E-state index is 0.150. The van der Waals surface area contributed by atoms with Crippen molar-refractivity contribution in [2.75, 3.05) is 13.2 Å². The molecule has 0 bridgehead atoms. The number of nitrogens with one attached hydrogen (secondary N) is 1. The third kappa shape index (κ3) is 4.91. The molecule has 0 saturated carbocycles. The molecule has 2 N–H and O–H groups in total. The maximum absolute atomic E-state index is 8.88. The van der Waals surface area contributed by atoms with E-state index in [2.05, 4.69) is 30.2 Å². The van der Waals surface area contributed by atoms with E-state index in [-0.39, 0.29) is 12.0 Å². The lowest BCUT2D eigenvalue weighted by Crippen LogP contribution is -2.29. The van der Waals surface area contributed by atoms with Gasteiger partial charge in [-0.3, -0.25) is 4.98 Å². The molecule has 0 saturated heterocycles. The van der Waals surface area contributed by atoms with Crippen molar-refractivity contribution >= 4 is 0 Å². The molecule has 1 rings (SSSR count). The smallest absolute Gasteiger partial charge is 0.0436 e. The van der Waals surface area contributed by atoms with Gasteiger partial charge < -0.3 is 10.4 Å². The Morgan fingerprint density at radius 1 is 1.47 bits per heavy atom. The lowest BCUT2D eigenvalue weighted by Gasteiger charge is -2.23. The summed E-state index contributed by atoms with van der Waals surface area (Å²) in [4.78, 5) is 4.06. The minimum atomic E-state index is 0.150. The number of aromatic nitrogens is 1. The lowest BCUT2D eigenvalue weighted by atomic mass is 9.90. The average Bonchev–Trinajstić information content (AvgIpc) is 2.19. The molecule has 1 aromatic heterocycles. The van der Waals surface area contributed by atoms with Crippen LogP contribution in [0.15, 0.2) is 24.5 Å². The molecule has 0 fully saturated rings. The molecule has 0 aliphatic carbocycles. The Morgan fingerprint density at radius 2 is 2.27 bits per heavy atom. The number of rotatable bonds is 6. The summed E-state index contributed by atoms with van der Waals surface area (Å²) in [5.41, 5.74) is 1.34. The summed E-state index contributed by atoms with van der Waals surface area (Å²) in [6.07, 6.45) is 4.47. The van der Waals surface area contributed by atoms with Gasteiger partial charge in [0.15, 0.2) is 0 Å². The van der Waals surface area contributed by atoms with Crippen molar-refractivity contribution < 1.29 is 5.11 Å². The fourth-order valence-electron chi connectivity index (χ4n) is 1.44. The van der Waals surface area contributed by atoms with Crippen LogP contribution in [0.3, 0.4) is 0 Å². The van der Waals surface area contributed by atoms with Gasteiger partial charge in [-0.1, -0.05) is 19.9 Å². The number of hydrogen-bond acceptors (Lipinski definition) is 3. The second-order valence-electron chi connectivity index (χ2n) is 4.60. The molecule has 3 nitrogen and oxygen atoms in total. The molecule has 84 valence electrons. The van der Waals surface area contributed by atoms with Crippen molar-refractivity contribution in [2.45, 2.75) is 26.8 Å². The first kappa shape index (κ1) is 12.1. The quantitative estimate of drug-likeness (QED) is 0.746. The van der Waals surface area contributed by atoms with Gasteiger partial charge in [0.25, 0.3) is 0 Å². The summed E-state index contributed by atoms with van der Waals surface area (Å²) in [7, 11) is 0. The Balaban J connectivity index is 2.27. The van der Waals surface area contributed by atoms with Gasteiger partial charge in [0, 0.05) is 32.1 Å². The normalized spacial score (nSPS) is 11.7. The van der Waals surface area contributed by atoms with E-state index in [1.165, 1.54) is 5.56 Å². The number of hydrogen-bond donors (Lipinski definition) is 2. The molecule has 0 spiro atoms. The molecular formula is C12H20N2O. The maximum Gasteiger partial charge on any atom is 0.0436 e. The Bertz CT molecular complexity index is 272. The standard InChI is InChI=1S/C12H20N2O/c1-12(2,5-7-15)10-14-9-11-4-3-6-13-8-11/h3-4,6,8,14-15H,5,7,9-10H2,1-2H3. The summed E-state index contributed by atoms with van der Waals surface area (Å²) >= 11 is 0. The molecule has 0 amide bonds. The molecular weight excluding hydrogens is 188 g/mol. The lowest BCUT2D eigenvalue weighted by molar-refractivity contribution is 0.207. The average molecular weight is 208 g/mol. The van der Waals surface area contributed by atoms with E-state index < -0.39 is 0 Å². The highest BCUT2D eigenvalue weighted by Gasteiger charge is 2.15. The second kappa shape index (κ2) is 5.83. The van der Waals surface area contributed by atoms with Crippen molar-refractivity contribution in [3.8, 4) is 0 Å². The monoisotopic (exact) mass is 208 g/mol. The van der Waals surface area contributed by atoms with Crippen LogP contribution < -0.4 is 5.32 Å². The van der Waals surface area contributed by atoms with E-state index in [9.17, 15) is 0 Å². The van der Waals surface area contributed by atoms with E-state index in [4.69, 9.17) is 5.11 Å². The predicted molar refractivity (Wildman–Crippen MR) is 61.4 cm³/mol. The largest absolute Gasteiger partial charge is 0.396 e. The maximum atomic E-state index is 8.88. The van der Waals surface area contributed by atoms with Gasteiger partial charge in [0.1, 0.15) is 0 Å². The highest BCUT2D eigenvalue weighted by Crippen LogP contribution is 2.18. The molecule has 0 aliphatic heterocycles. The van der Waals surface area contributed by atoms with E-state index in [0.29, 0.717) is 0 Å². The zero-order chi connectivity index (χ0) is 11.1. The van der Waals surface area contributed by atoms with Crippen LogP contribution >= 0.6 is 0 Å². The van der Waals surface area contributed by atoms with Gasteiger partial charge in [0.2, 0.25) is 0 Å². The number of aliphatic hydroxyl groups is 1. The number of aliphatic hydroxyl groups excluding tert-OH is 1. The van der Waals surface area contributed by atoms with E-state index in [1.807, 2.05) is 12.3 Å². The van der Waals surface area contributed by atoms with Crippen molar-refractivity contribution in [3.63, 3.8) is 0 Å². The van der Waals surface area contributed by atoms with Crippen LogP contribution in [0.1, 0.15) is 25.8 Å². The first-order valence-corrected chi connectivity index (χ1v) is 5.34. The molecule has 0 aromatic carbocycles. The van der Waals surface area contributed by atoms with Gasteiger partial charge in [-0.25, -0.2) is 0 Å². The molecule has 0 aliphatic rings. The van der Waals surface area contributed by atoms with Crippen LogP contribution in [-0.2, 0) is 6.54 Å². The van der Waals surface area contributed by atoms with Gasteiger partial charge in [0.05, 0.1) is 0 Å².